The Morgan fingerprint density at radius 1 is 1.40 bits per heavy atom. The molecule has 0 aliphatic carbocycles. The summed E-state index contributed by atoms with van der Waals surface area (Å²) in [6.45, 7) is 5.37. The number of hydrogen-bond donors (Lipinski definition) is 0. The number of thiazole rings is 1. The van der Waals surface area contributed by atoms with Gasteiger partial charge in [-0.25, -0.2) is 4.98 Å². The third kappa shape index (κ3) is 5.51. The van der Waals surface area contributed by atoms with Gasteiger partial charge < -0.3 is 9.47 Å². The minimum absolute atomic E-state index is 0.0625. The molecular formula is C10H17NO2S2. The molecule has 0 saturated carbocycles. The summed E-state index contributed by atoms with van der Waals surface area (Å²) in [6.07, 6.45) is 2.68. The van der Waals surface area contributed by atoms with Crippen molar-refractivity contribution in [2.75, 3.05) is 19.0 Å². The van der Waals surface area contributed by atoms with E-state index in [0.717, 1.165) is 16.5 Å². The normalized spacial score (nSPS) is 11.1. The number of nitrogens with zero attached hydrogens (tertiary/aromatic N) is 1. The molecule has 0 aliphatic heterocycles. The fourth-order valence-electron chi connectivity index (χ4n) is 1.11. The number of aromatic nitrogens is 1. The van der Waals surface area contributed by atoms with Crippen LogP contribution in [0.2, 0.25) is 0 Å². The van der Waals surface area contributed by atoms with Gasteiger partial charge in [-0.3, -0.25) is 0 Å². The molecule has 15 heavy (non-hydrogen) atoms. The van der Waals surface area contributed by atoms with Crippen LogP contribution in [0, 0.1) is 0 Å². The summed E-state index contributed by atoms with van der Waals surface area (Å²) in [5.41, 5.74) is 0. The van der Waals surface area contributed by atoms with Crippen molar-refractivity contribution in [1.82, 2.24) is 4.98 Å². The van der Waals surface area contributed by atoms with Crippen LogP contribution in [0.3, 0.4) is 0 Å². The van der Waals surface area contributed by atoms with Gasteiger partial charge in [-0.2, -0.15) is 0 Å². The van der Waals surface area contributed by atoms with E-state index >= 15 is 0 Å². The van der Waals surface area contributed by atoms with E-state index in [1.54, 1.807) is 23.1 Å². The first-order valence-electron chi connectivity index (χ1n) is 5.12. The first kappa shape index (κ1) is 13.0. The van der Waals surface area contributed by atoms with Crippen molar-refractivity contribution in [3.63, 3.8) is 0 Å². The van der Waals surface area contributed by atoms with Gasteiger partial charge in [0.05, 0.1) is 0 Å². The first-order valence-corrected chi connectivity index (χ1v) is 6.98. The predicted octanol–water partition coefficient (Wildman–Crippen LogP) is 3.02. The fourth-order valence-corrected chi connectivity index (χ4v) is 2.78. The summed E-state index contributed by atoms with van der Waals surface area (Å²) in [7, 11) is 0. The van der Waals surface area contributed by atoms with Crippen LogP contribution in [-0.4, -0.2) is 30.2 Å². The Balaban J connectivity index is 2.15. The van der Waals surface area contributed by atoms with Gasteiger partial charge >= 0.3 is 0 Å². The Morgan fingerprint density at radius 3 is 2.67 bits per heavy atom. The van der Waals surface area contributed by atoms with Crippen LogP contribution in [0.1, 0.15) is 20.3 Å². The molecule has 86 valence electrons. The van der Waals surface area contributed by atoms with E-state index in [4.69, 9.17) is 9.47 Å². The lowest BCUT2D eigenvalue weighted by molar-refractivity contribution is -0.136. The summed E-state index contributed by atoms with van der Waals surface area (Å²) in [5, 5.41) is 1.99. The number of ether oxygens (including phenoxy) is 2. The molecule has 5 heteroatoms. The minimum Gasteiger partial charge on any atom is -0.353 e. The van der Waals surface area contributed by atoms with E-state index in [1.807, 2.05) is 25.4 Å². The van der Waals surface area contributed by atoms with Crippen LogP contribution in [0.5, 0.6) is 0 Å². The maximum atomic E-state index is 5.45. The summed E-state index contributed by atoms with van der Waals surface area (Å²) in [6, 6.07) is 0. The molecule has 0 unspecified atom stereocenters. The molecule has 0 N–H and O–H groups in total. The Morgan fingerprint density at radius 2 is 2.13 bits per heavy atom. The van der Waals surface area contributed by atoms with E-state index in [2.05, 4.69) is 4.98 Å². The number of hydrogen-bond acceptors (Lipinski definition) is 5. The topological polar surface area (TPSA) is 31.4 Å². The summed E-state index contributed by atoms with van der Waals surface area (Å²) in [4.78, 5) is 4.20. The second-order valence-corrected chi connectivity index (χ2v) is 5.01. The average molecular weight is 247 g/mol. The van der Waals surface area contributed by atoms with Gasteiger partial charge in [-0.1, -0.05) is 11.8 Å². The van der Waals surface area contributed by atoms with Crippen molar-refractivity contribution in [3.8, 4) is 0 Å². The second-order valence-electron chi connectivity index (χ2n) is 2.78. The van der Waals surface area contributed by atoms with E-state index in [1.165, 1.54) is 0 Å². The molecular weight excluding hydrogens is 230 g/mol. The highest BCUT2D eigenvalue weighted by atomic mass is 32.2. The molecule has 1 rings (SSSR count). The molecule has 0 fully saturated rings. The number of thioether (sulfide) groups is 1. The van der Waals surface area contributed by atoms with E-state index in [-0.39, 0.29) is 6.29 Å². The number of rotatable bonds is 8. The fraction of sp³-hybridized carbons (Fsp3) is 0.700. The van der Waals surface area contributed by atoms with E-state index in [9.17, 15) is 0 Å². The molecule has 0 bridgehead atoms. The smallest absolute Gasteiger partial charge is 0.158 e. The maximum absolute atomic E-state index is 5.45. The zero-order valence-corrected chi connectivity index (χ0v) is 10.8. The van der Waals surface area contributed by atoms with E-state index < -0.39 is 0 Å². The van der Waals surface area contributed by atoms with Crippen molar-refractivity contribution in [1.29, 1.82) is 0 Å². The first-order chi connectivity index (χ1) is 7.36. The molecule has 1 aromatic heterocycles. The predicted molar refractivity (Wildman–Crippen MR) is 64.5 cm³/mol. The Kier molecular flexibility index (Phi) is 7.00. The summed E-state index contributed by atoms with van der Waals surface area (Å²) in [5.74, 6) is 0.984. The van der Waals surface area contributed by atoms with Gasteiger partial charge in [0.25, 0.3) is 0 Å². The highest BCUT2D eigenvalue weighted by Gasteiger charge is 2.08. The minimum atomic E-state index is -0.0625. The lowest BCUT2D eigenvalue weighted by Gasteiger charge is -2.15. The van der Waals surface area contributed by atoms with E-state index in [0.29, 0.717) is 13.2 Å². The monoisotopic (exact) mass is 247 g/mol. The maximum Gasteiger partial charge on any atom is 0.158 e. The molecule has 0 saturated heterocycles. The zero-order valence-electron chi connectivity index (χ0n) is 9.14. The quantitative estimate of drug-likeness (QED) is 0.522. The zero-order chi connectivity index (χ0) is 10.9. The largest absolute Gasteiger partial charge is 0.353 e. The molecule has 0 amide bonds. The van der Waals surface area contributed by atoms with Crippen molar-refractivity contribution in [2.24, 2.45) is 0 Å². The molecule has 0 aromatic carbocycles. The highest BCUT2D eigenvalue weighted by Crippen LogP contribution is 2.21. The van der Waals surface area contributed by atoms with Crippen LogP contribution in [0.15, 0.2) is 15.9 Å². The molecule has 1 aromatic rings. The van der Waals surface area contributed by atoms with Gasteiger partial charge in [0, 0.05) is 37.0 Å². The van der Waals surface area contributed by atoms with Crippen LogP contribution in [0.25, 0.3) is 0 Å². The van der Waals surface area contributed by atoms with Crippen molar-refractivity contribution in [3.05, 3.63) is 11.6 Å². The summed E-state index contributed by atoms with van der Waals surface area (Å²) >= 11 is 3.43. The van der Waals surface area contributed by atoms with Crippen LogP contribution in [0.4, 0.5) is 0 Å². The van der Waals surface area contributed by atoms with Crippen LogP contribution < -0.4 is 0 Å². The van der Waals surface area contributed by atoms with Crippen molar-refractivity contribution < 1.29 is 9.47 Å². The molecule has 1 heterocycles. The molecule has 3 nitrogen and oxygen atoms in total. The summed E-state index contributed by atoms with van der Waals surface area (Å²) < 4.78 is 12.0. The average Bonchev–Trinajstić information content (AvgIpc) is 2.71. The van der Waals surface area contributed by atoms with Crippen molar-refractivity contribution >= 4 is 23.1 Å². The highest BCUT2D eigenvalue weighted by molar-refractivity contribution is 8.00. The standard InChI is InChI=1S/C10H17NO2S2/c1-3-12-9(13-4-2)5-7-14-10-11-6-8-15-10/h6,8-9H,3-5,7H2,1-2H3. The van der Waals surface area contributed by atoms with Crippen LogP contribution >= 0.6 is 23.1 Å². The van der Waals surface area contributed by atoms with Gasteiger partial charge in [-0.15, -0.1) is 11.3 Å². The molecule has 0 spiro atoms. The molecule has 0 atom stereocenters. The third-order valence-corrected chi connectivity index (χ3v) is 3.69. The second kappa shape index (κ2) is 8.10. The SMILES string of the molecule is CCOC(CCSc1nccs1)OCC. The van der Waals surface area contributed by atoms with Crippen molar-refractivity contribution in [2.45, 2.75) is 30.9 Å². The molecule has 0 aliphatic rings. The van der Waals surface area contributed by atoms with Gasteiger partial charge in [0.2, 0.25) is 0 Å². The Bertz CT molecular complexity index is 236. The van der Waals surface area contributed by atoms with Gasteiger partial charge in [-0.05, 0) is 13.8 Å². The van der Waals surface area contributed by atoms with Gasteiger partial charge in [0.1, 0.15) is 4.34 Å². The lowest BCUT2D eigenvalue weighted by atomic mass is 10.5. The van der Waals surface area contributed by atoms with Gasteiger partial charge in [0.15, 0.2) is 6.29 Å². The Hall–Kier alpha value is -0.100. The Labute approximate surface area is 99.2 Å². The van der Waals surface area contributed by atoms with Crippen LogP contribution in [-0.2, 0) is 9.47 Å². The lowest BCUT2D eigenvalue weighted by Crippen LogP contribution is -2.18. The third-order valence-electron chi connectivity index (χ3n) is 1.69. The molecule has 0 radical (unpaired) electrons.